The van der Waals surface area contributed by atoms with Crippen molar-refractivity contribution in [1.82, 2.24) is 4.90 Å². The highest BCUT2D eigenvalue weighted by Crippen LogP contribution is 2.37. The van der Waals surface area contributed by atoms with E-state index < -0.39 is 11.7 Å². The lowest BCUT2D eigenvalue weighted by molar-refractivity contribution is -0.137. The van der Waals surface area contributed by atoms with E-state index in [0.29, 0.717) is 38.2 Å². The number of hydrogen-bond donors (Lipinski definition) is 1. The second-order valence-electron chi connectivity index (χ2n) is 10.6. The molecule has 0 bridgehead atoms. The average Bonchev–Trinajstić information content (AvgIpc) is 3.02. The largest absolute Gasteiger partial charge is 0.493 e. The quantitative estimate of drug-likeness (QED) is 0.145. The summed E-state index contributed by atoms with van der Waals surface area (Å²) in [5.41, 5.74) is 8.89. The second kappa shape index (κ2) is 14.1. The van der Waals surface area contributed by atoms with E-state index in [0.717, 1.165) is 39.3 Å². The molecule has 3 nitrogen and oxygen atoms in total. The van der Waals surface area contributed by atoms with Gasteiger partial charge in [-0.1, -0.05) is 115 Å². The van der Waals surface area contributed by atoms with Gasteiger partial charge in [0.1, 0.15) is 5.75 Å². The van der Waals surface area contributed by atoms with Gasteiger partial charge in [0.15, 0.2) is 0 Å². The summed E-state index contributed by atoms with van der Waals surface area (Å²) in [6.07, 6.45) is -3.86. The Kier molecular flexibility index (Phi) is 10.0. The van der Waals surface area contributed by atoms with Crippen LogP contribution in [0.1, 0.15) is 40.2 Å². The molecule has 0 fully saturated rings. The fourth-order valence-electron chi connectivity index (χ4n) is 5.55. The Labute approximate surface area is 255 Å². The number of hydrogen-bond acceptors (Lipinski definition) is 3. The van der Waals surface area contributed by atoms with E-state index in [2.05, 4.69) is 29.2 Å². The van der Waals surface area contributed by atoms with Gasteiger partial charge in [0, 0.05) is 37.5 Å². The second-order valence-corrected chi connectivity index (χ2v) is 10.9. The summed E-state index contributed by atoms with van der Waals surface area (Å²) in [5.74, 6) is 0.798. The van der Waals surface area contributed by atoms with Crippen LogP contribution in [0.5, 0.6) is 5.75 Å². The van der Waals surface area contributed by atoms with Crippen LogP contribution < -0.4 is 10.5 Å². The van der Waals surface area contributed by atoms with Gasteiger partial charge in [-0.2, -0.15) is 13.2 Å². The van der Waals surface area contributed by atoms with Gasteiger partial charge in [0.2, 0.25) is 0 Å². The first-order chi connectivity index (χ1) is 20.8. The highest BCUT2D eigenvalue weighted by Gasteiger charge is 2.34. The minimum atomic E-state index is -4.52. The summed E-state index contributed by atoms with van der Waals surface area (Å²) in [6.45, 7) is 2.35. The minimum Gasteiger partial charge on any atom is -0.493 e. The molecule has 0 aliphatic carbocycles. The Morgan fingerprint density at radius 2 is 1.33 bits per heavy atom. The zero-order chi connectivity index (χ0) is 30.2. The predicted octanol–water partition coefficient (Wildman–Crippen LogP) is 9.07. The van der Waals surface area contributed by atoms with Crippen molar-refractivity contribution < 1.29 is 17.9 Å². The maximum absolute atomic E-state index is 13.7. The molecular weight excluding hydrogens is 569 g/mol. The Morgan fingerprint density at radius 1 is 0.721 bits per heavy atom. The number of fused-ring (bicyclic) bond motifs is 1. The van der Waals surface area contributed by atoms with Gasteiger partial charge in [-0.3, -0.25) is 4.90 Å². The van der Waals surface area contributed by atoms with Crippen molar-refractivity contribution in [3.8, 4) is 5.75 Å². The minimum absolute atomic E-state index is 0.0145. The van der Waals surface area contributed by atoms with Gasteiger partial charge in [0.05, 0.1) is 17.2 Å². The van der Waals surface area contributed by atoms with Gasteiger partial charge in [0.25, 0.3) is 0 Å². The number of ether oxygens (including phenoxy) is 1. The molecule has 0 saturated carbocycles. The first-order valence-corrected chi connectivity index (χ1v) is 14.7. The zero-order valence-electron chi connectivity index (χ0n) is 23.7. The van der Waals surface area contributed by atoms with E-state index in [4.69, 9.17) is 22.1 Å². The summed E-state index contributed by atoms with van der Waals surface area (Å²) in [5, 5.41) is 1.82. The summed E-state index contributed by atoms with van der Waals surface area (Å²) in [6, 6.07) is 36.4. The van der Waals surface area contributed by atoms with E-state index in [9.17, 15) is 13.2 Å². The van der Waals surface area contributed by atoms with Crippen LogP contribution >= 0.6 is 11.6 Å². The lowest BCUT2D eigenvalue weighted by Gasteiger charge is -2.29. The van der Waals surface area contributed by atoms with Crippen LogP contribution in [0.3, 0.4) is 0 Å². The molecular formula is C36H34ClF3N2O. The fraction of sp³-hybridized carbons (Fsp3) is 0.222. The van der Waals surface area contributed by atoms with Crippen molar-refractivity contribution in [2.45, 2.75) is 31.6 Å². The van der Waals surface area contributed by atoms with Crippen LogP contribution in [0.4, 0.5) is 13.2 Å². The summed E-state index contributed by atoms with van der Waals surface area (Å²) < 4.78 is 47.2. The van der Waals surface area contributed by atoms with Crippen LogP contribution in [0.25, 0.3) is 10.8 Å². The molecule has 0 aliphatic rings. The van der Waals surface area contributed by atoms with Gasteiger partial charge in [-0.05, 0) is 46.2 Å². The van der Waals surface area contributed by atoms with Gasteiger partial charge < -0.3 is 10.5 Å². The van der Waals surface area contributed by atoms with Crippen LogP contribution in [-0.2, 0) is 19.3 Å². The summed E-state index contributed by atoms with van der Waals surface area (Å²) >= 11 is 6.35. The molecule has 0 spiro atoms. The molecule has 0 aromatic heterocycles. The molecule has 43 heavy (non-hydrogen) atoms. The molecule has 0 atom stereocenters. The van der Waals surface area contributed by atoms with Gasteiger partial charge in [-0.25, -0.2) is 0 Å². The van der Waals surface area contributed by atoms with Gasteiger partial charge in [-0.15, -0.1) is 0 Å². The van der Waals surface area contributed by atoms with Crippen molar-refractivity contribution in [1.29, 1.82) is 0 Å². The molecule has 2 N–H and O–H groups in total. The van der Waals surface area contributed by atoms with Crippen LogP contribution in [0.2, 0.25) is 5.02 Å². The molecule has 0 aliphatic heterocycles. The SMILES string of the molecule is NCc1cccc2c(OCCCN(Cc3cccc(C(F)(F)F)c3Cl)CC(c3ccccc3)c3ccccc3)cccc12. The third-order valence-electron chi connectivity index (χ3n) is 7.69. The zero-order valence-corrected chi connectivity index (χ0v) is 24.5. The molecule has 0 heterocycles. The van der Waals surface area contributed by atoms with Crippen molar-refractivity contribution in [2.75, 3.05) is 19.7 Å². The first kappa shape index (κ1) is 30.6. The number of nitrogens with zero attached hydrogens (tertiary/aromatic N) is 1. The maximum atomic E-state index is 13.7. The van der Waals surface area contributed by atoms with E-state index in [1.807, 2.05) is 72.8 Å². The molecule has 222 valence electrons. The van der Waals surface area contributed by atoms with E-state index in [1.165, 1.54) is 6.07 Å². The molecule has 0 saturated heterocycles. The molecule has 5 rings (SSSR count). The standard InChI is InChI=1S/C36H34ClF3N2O/c37-35-29(16-8-19-33(35)36(38,39)40)24-42(25-32(26-11-3-1-4-12-26)27-13-5-2-6-14-27)21-10-22-43-34-20-9-17-30-28(23-41)15-7-18-31(30)34/h1-9,11-20,32H,10,21-25,41H2. The van der Waals surface area contributed by atoms with Crippen molar-refractivity contribution in [3.05, 3.63) is 148 Å². The Balaban J connectivity index is 1.38. The Hall–Kier alpha value is -3.84. The van der Waals surface area contributed by atoms with E-state index >= 15 is 0 Å². The van der Waals surface area contributed by atoms with E-state index in [1.54, 1.807) is 6.07 Å². The van der Waals surface area contributed by atoms with Crippen LogP contribution in [0.15, 0.2) is 115 Å². The molecule has 5 aromatic carbocycles. The molecule has 5 aromatic rings. The first-order valence-electron chi connectivity index (χ1n) is 14.4. The van der Waals surface area contributed by atoms with Crippen molar-refractivity contribution in [2.24, 2.45) is 5.73 Å². The molecule has 0 radical (unpaired) electrons. The number of benzene rings is 5. The van der Waals surface area contributed by atoms with Gasteiger partial charge >= 0.3 is 6.18 Å². The highest BCUT2D eigenvalue weighted by molar-refractivity contribution is 6.32. The van der Waals surface area contributed by atoms with Crippen LogP contribution in [-0.4, -0.2) is 24.6 Å². The third kappa shape index (κ3) is 7.57. The lowest BCUT2D eigenvalue weighted by atomic mass is 9.90. The maximum Gasteiger partial charge on any atom is 0.417 e. The smallest absolute Gasteiger partial charge is 0.417 e. The normalized spacial score (nSPS) is 11.9. The average molecular weight is 603 g/mol. The number of alkyl halides is 3. The number of halogens is 4. The van der Waals surface area contributed by atoms with E-state index in [-0.39, 0.29) is 17.5 Å². The molecule has 0 amide bonds. The monoisotopic (exact) mass is 602 g/mol. The fourth-order valence-corrected chi connectivity index (χ4v) is 5.84. The summed E-state index contributed by atoms with van der Waals surface area (Å²) in [7, 11) is 0. The topological polar surface area (TPSA) is 38.5 Å². The Morgan fingerprint density at radius 3 is 1.98 bits per heavy atom. The van der Waals surface area contributed by atoms with Crippen molar-refractivity contribution >= 4 is 22.4 Å². The number of rotatable bonds is 12. The summed E-state index contributed by atoms with van der Waals surface area (Å²) in [4.78, 5) is 2.17. The molecule has 0 unspecified atom stereocenters. The highest BCUT2D eigenvalue weighted by atomic mass is 35.5. The Bertz CT molecular complexity index is 1590. The predicted molar refractivity (Wildman–Crippen MR) is 168 cm³/mol. The lowest BCUT2D eigenvalue weighted by Crippen LogP contribution is -2.31. The van der Waals surface area contributed by atoms with Crippen LogP contribution in [0, 0.1) is 0 Å². The van der Waals surface area contributed by atoms with Crippen molar-refractivity contribution in [3.63, 3.8) is 0 Å². The number of nitrogens with two attached hydrogens (primary N) is 1. The third-order valence-corrected chi connectivity index (χ3v) is 8.14. The molecule has 7 heteroatoms.